The van der Waals surface area contributed by atoms with Crippen molar-refractivity contribution in [2.75, 3.05) is 44.4 Å². The van der Waals surface area contributed by atoms with E-state index in [2.05, 4.69) is 32.6 Å². The second kappa shape index (κ2) is 6.45. The largest absolute Gasteiger partial charge is 0.497 e. The molecule has 3 heterocycles. The van der Waals surface area contributed by atoms with Gasteiger partial charge in [0, 0.05) is 49.5 Å². The molecule has 24 heavy (non-hydrogen) atoms. The lowest BCUT2D eigenvalue weighted by atomic mass is 9.77. The van der Waals surface area contributed by atoms with Crippen LogP contribution >= 0.6 is 11.9 Å². The van der Waals surface area contributed by atoms with Crippen LogP contribution in [-0.4, -0.2) is 48.8 Å². The second-order valence-corrected chi connectivity index (χ2v) is 7.88. The summed E-state index contributed by atoms with van der Waals surface area (Å²) in [6, 6.07) is 8.37. The van der Waals surface area contributed by atoms with Gasteiger partial charge in [0.05, 0.1) is 12.6 Å². The molecule has 1 spiro atoms. The van der Waals surface area contributed by atoms with Gasteiger partial charge in [-0.2, -0.15) is 0 Å². The van der Waals surface area contributed by atoms with Crippen LogP contribution in [0.5, 0.6) is 5.75 Å². The zero-order valence-corrected chi connectivity index (χ0v) is 15.3. The molecule has 2 aromatic rings. The van der Waals surface area contributed by atoms with Crippen molar-refractivity contribution < 1.29 is 4.74 Å². The molecule has 0 saturated carbocycles. The van der Waals surface area contributed by atoms with Gasteiger partial charge in [0.15, 0.2) is 0 Å². The molecular formula is C19H25N3OS. The van der Waals surface area contributed by atoms with Gasteiger partial charge in [0.2, 0.25) is 0 Å². The lowest BCUT2D eigenvalue weighted by molar-refractivity contribution is 0.237. The van der Waals surface area contributed by atoms with E-state index < -0.39 is 0 Å². The van der Waals surface area contributed by atoms with Crippen molar-refractivity contribution in [1.82, 2.24) is 9.29 Å². The molecule has 128 valence electrons. The summed E-state index contributed by atoms with van der Waals surface area (Å²) in [6.07, 6.45) is 8.07. The molecule has 2 saturated heterocycles. The first-order chi connectivity index (χ1) is 11.7. The van der Waals surface area contributed by atoms with E-state index in [9.17, 15) is 0 Å². The number of nitrogens with zero attached hydrogens (tertiary/aromatic N) is 3. The molecule has 0 aliphatic carbocycles. The molecule has 0 unspecified atom stereocenters. The second-order valence-electron chi connectivity index (χ2n) is 7.00. The van der Waals surface area contributed by atoms with E-state index in [1.807, 2.05) is 30.3 Å². The predicted molar refractivity (Wildman–Crippen MR) is 102 cm³/mol. The van der Waals surface area contributed by atoms with Crippen LogP contribution < -0.4 is 9.64 Å². The van der Waals surface area contributed by atoms with Crippen molar-refractivity contribution in [3.05, 3.63) is 30.5 Å². The molecule has 4 rings (SSSR count). The summed E-state index contributed by atoms with van der Waals surface area (Å²) < 4.78 is 7.86. The number of rotatable bonds is 3. The van der Waals surface area contributed by atoms with E-state index in [4.69, 9.17) is 4.74 Å². The molecule has 2 aliphatic rings. The van der Waals surface area contributed by atoms with Crippen LogP contribution in [0.15, 0.2) is 30.5 Å². The third-order valence-corrected chi connectivity index (χ3v) is 6.58. The summed E-state index contributed by atoms with van der Waals surface area (Å²) in [7, 11) is 1.70. The number of piperidine rings is 1. The Hall–Kier alpha value is -1.46. The number of anilines is 1. The molecule has 2 aliphatic heterocycles. The van der Waals surface area contributed by atoms with Gasteiger partial charge < -0.3 is 9.64 Å². The van der Waals surface area contributed by atoms with E-state index in [1.54, 1.807) is 7.11 Å². The number of benzene rings is 1. The maximum atomic E-state index is 5.33. The first kappa shape index (κ1) is 16.0. The van der Waals surface area contributed by atoms with Crippen LogP contribution in [0.2, 0.25) is 0 Å². The van der Waals surface area contributed by atoms with Crippen molar-refractivity contribution >= 4 is 28.5 Å². The van der Waals surface area contributed by atoms with E-state index in [-0.39, 0.29) is 0 Å². The molecule has 0 bridgehead atoms. The number of hydrogen-bond acceptors (Lipinski definition) is 5. The Labute approximate surface area is 148 Å². The molecule has 5 heteroatoms. The number of aromatic nitrogens is 1. The first-order valence-corrected chi connectivity index (χ1v) is 9.88. The fraction of sp³-hybridized carbons (Fsp3) is 0.526. The molecule has 0 atom stereocenters. The first-order valence-electron chi connectivity index (χ1n) is 8.70. The van der Waals surface area contributed by atoms with Crippen LogP contribution in [0.1, 0.15) is 19.3 Å². The highest BCUT2D eigenvalue weighted by Crippen LogP contribution is 2.43. The van der Waals surface area contributed by atoms with Gasteiger partial charge in [-0.15, -0.1) is 0 Å². The zero-order valence-electron chi connectivity index (χ0n) is 14.5. The fourth-order valence-corrected chi connectivity index (χ4v) is 4.87. The fourth-order valence-electron chi connectivity index (χ4n) is 4.20. The number of pyridine rings is 1. The van der Waals surface area contributed by atoms with E-state index in [0.29, 0.717) is 5.41 Å². The van der Waals surface area contributed by atoms with Gasteiger partial charge in [0.1, 0.15) is 5.75 Å². The number of hydrogen-bond donors (Lipinski definition) is 0. The van der Waals surface area contributed by atoms with Crippen molar-refractivity contribution in [3.8, 4) is 5.75 Å². The van der Waals surface area contributed by atoms with Crippen LogP contribution in [0, 0.1) is 5.41 Å². The van der Waals surface area contributed by atoms with Crippen molar-refractivity contribution in [2.45, 2.75) is 19.3 Å². The average molecular weight is 343 g/mol. The molecule has 0 N–H and O–H groups in total. The third kappa shape index (κ3) is 2.84. The minimum atomic E-state index is 0.547. The number of fused-ring (bicyclic) bond motifs is 1. The van der Waals surface area contributed by atoms with Gasteiger partial charge in [-0.3, -0.25) is 9.29 Å². The Morgan fingerprint density at radius 2 is 1.92 bits per heavy atom. The van der Waals surface area contributed by atoms with Crippen molar-refractivity contribution in [1.29, 1.82) is 0 Å². The molecule has 4 nitrogen and oxygen atoms in total. The number of ether oxygens (including phenoxy) is 1. The monoisotopic (exact) mass is 343 g/mol. The Bertz CT molecular complexity index is 728. The standard InChI is InChI=1S/C19H25N3OS/c1-23-15-3-4-16-17(13-15)20-9-5-18(16)21-10-6-19(7-11-21)8-12-22(14-19)24-2/h3-5,9,13H,6-8,10-12,14H2,1-2H3. The predicted octanol–water partition coefficient (Wildman–Crippen LogP) is 3.81. The van der Waals surface area contributed by atoms with Gasteiger partial charge >= 0.3 is 0 Å². The minimum absolute atomic E-state index is 0.547. The number of methoxy groups -OCH3 is 1. The van der Waals surface area contributed by atoms with Gasteiger partial charge in [0.25, 0.3) is 0 Å². The molecule has 1 aromatic heterocycles. The SMILES string of the molecule is COc1ccc2c(N3CCC4(CCN(SC)C4)CC3)ccnc2c1. The van der Waals surface area contributed by atoms with Gasteiger partial charge in [-0.05, 0) is 49.1 Å². The summed E-state index contributed by atoms with van der Waals surface area (Å²) >= 11 is 1.90. The summed E-state index contributed by atoms with van der Waals surface area (Å²) in [5.74, 6) is 0.868. The minimum Gasteiger partial charge on any atom is -0.497 e. The van der Waals surface area contributed by atoms with E-state index in [1.165, 1.54) is 43.4 Å². The maximum absolute atomic E-state index is 5.33. The smallest absolute Gasteiger partial charge is 0.121 e. The highest BCUT2D eigenvalue weighted by atomic mass is 32.2. The van der Waals surface area contributed by atoms with Crippen LogP contribution in [0.3, 0.4) is 0 Å². The Morgan fingerprint density at radius 1 is 1.12 bits per heavy atom. The summed E-state index contributed by atoms with van der Waals surface area (Å²) in [6.45, 7) is 4.80. The molecule has 0 radical (unpaired) electrons. The Balaban J connectivity index is 1.55. The molecule has 2 fully saturated rings. The summed E-state index contributed by atoms with van der Waals surface area (Å²) in [5, 5.41) is 1.23. The highest BCUT2D eigenvalue weighted by molar-refractivity contribution is 7.96. The summed E-state index contributed by atoms with van der Waals surface area (Å²) in [4.78, 5) is 7.07. The maximum Gasteiger partial charge on any atom is 0.121 e. The van der Waals surface area contributed by atoms with Gasteiger partial charge in [-0.25, -0.2) is 0 Å². The molecule has 0 amide bonds. The summed E-state index contributed by atoms with van der Waals surface area (Å²) in [5.41, 5.74) is 2.88. The quantitative estimate of drug-likeness (QED) is 0.790. The van der Waals surface area contributed by atoms with E-state index >= 15 is 0 Å². The zero-order chi connectivity index (χ0) is 16.6. The highest BCUT2D eigenvalue weighted by Gasteiger charge is 2.40. The normalized spacial score (nSPS) is 20.8. The van der Waals surface area contributed by atoms with Gasteiger partial charge in [-0.1, -0.05) is 11.9 Å². The lowest BCUT2D eigenvalue weighted by Gasteiger charge is -2.40. The van der Waals surface area contributed by atoms with Crippen LogP contribution in [-0.2, 0) is 0 Å². The molecule has 1 aromatic carbocycles. The average Bonchev–Trinajstić information content (AvgIpc) is 3.04. The third-order valence-electron chi connectivity index (χ3n) is 5.75. The molecular weight excluding hydrogens is 318 g/mol. The lowest BCUT2D eigenvalue weighted by Crippen LogP contribution is -2.41. The van der Waals surface area contributed by atoms with Crippen LogP contribution in [0.25, 0.3) is 10.9 Å². The Morgan fingerprint density at radius 3 is 2.62 bits per heavy atom. The topological polar surface area (TPSA) is 28.6 Å². The van der Waals surface area contributed by atoms with Crippen LogP contribution in [0.4, 0.5) is 5.69 Å². The van der Waals surface area contributed by atoms with Crippen molar-refractivity contribution in [2.24, 2.45) is 5.41 Å². The van der Waals surface area contributed by atoms with E-state index in [0.717, 1.165) is 24.4 Å². The van der Waals surface area contributed by atoms with Crippen molar-refractivity contribution in [3.63, 3.8) is 0 Å². The Kier molecular flexibility index (Phi) is 4.31.